The molecule has 0 radical (unpaired) electrons. The number of rotatable bonds is 2. The molecule has 0 aromatic heterocycles. The first-order chi connectivity index (χ1) is 9.24. The Morgan fingerprint density at radius 3 is 2.79 bits per heavy atom. The number of benzene rings is 1. The van der Waals surface area contributed by atoms with Crippen molar-refractivity contribution in [3.05, 3.63) is 35.9 Å². The van der Waals surface area contributed by atoms with Crippen LogP contribution in [-0.4, -0.2) is 42.1 Å². The molecular formula is C14H15NO4. The van der Waals surface area contributed by atoms with Gasteiger partial charge in [0.15, 0.2) is 5.78 Å². The summed E-state index contributed by atoms with van der Waals surface area (Å²) in [6.07, 6.45) is -0.450. The summed E-state index contributed by atoms with van der Waals surface area (Å²) in [5.41, 5.74) is 0.949. The molecule has 5 heteroatoms. The van der Waals surface area contributed by atoms with Gasteiger partial charge >= 0.3 is 6.09 Å². The predicted molar refractivity (Wildman–Crippen MR) is 66.5 cm³/mol. The lowest BCUT2D eigenvalue weighted by atomic mass is 9.96. The minimum absolute atomic E-state index is 0.0864. The maximum atomic E-state index is 12.0. The Labute approximate surface area is 111 Å². The average molecular weight is 261 g/mol. The number of ketones is 1. The van der Waals surface area contributed by atoms with E-state index in [9.17, 15) is 9.59 Å². The Bertz CT molecular complexity index is 487. The first-order valence-electron chi connectivity index (χ1n) is 6.35. The quantitative estimate of drug-likeness (QED) is 0.806. The van der Waals surface area contributed by atoms with E-state index in [0.717, 1.165) is 5.56 Å². The van der Waals surface area contributed by atoms with E-state index in [-0.39, 0.29) is 24.5 Å². The van der Waals surface area contributed by atoms with E-state index >= 15 is 0 Å². The van der Waals surface area contributed by atoms with Crippen LogP contribution in [0.5, 0.6) is 0 Å². The van der Waals surface area contributed by atoms with Gasteiger partial charge in [-0.3, -0.25) is 9.69 Å². The molecule has 0 spiro atoms. The largest absolute Gasteiger partial charge is 0.445 e. The summed E-state index contributed by atoms with van der Waals surface area (Å²) in [6, 6.07) is 9.36. The number of carbonyl (C=O) groups is 2. The molecule has 2 atom stereocenters. The highest BCUT2D eigenvalue weighted by molar-refractivity contribution is 5.87. The van der Waals surface area contributed by atoms with Crippen molar-refractivity contribution < 1.29 is 19.1 Å². The number of carbonyl (C=O) groups excluding carboxylic acids is 2. The average Bonchev–Trinajstić information content (AvgIpc) is 2.46. The number of amides is 1. The number of hydrogen-bond acceptors (Lipinski definition) is 4. The normalized spacial score (nSPS) is 25.5. The second-order valence-corrected chi connectivity index (χ2v) is 4.84. The van der Waals surface area contributed by atoms with Gasteiger partial charge < -0.3 is 9.47 Å². The smallest absolute Gasteiger partial charge is 0.410 e. The van der Waals surface area contributed by atoms with Gasteiger partial charge in [-0.1, -0.05) is 30.3 Å². The van der Waals surface area contributed by atoms with Crippen molar-refractivity contribution in [1.29, 1.82) is 0 Å². The second-order valence-electron chi connectivity index (χ2n) is 4.84. The Morgan fingerprint density at radius 1 is 1.37 bits per heavy atom. The van der Waals surface area contributed by atoms with Crippen LogP contribution in [0.4, 0.5) is 4.79 Å². The zero-order chi connectivity index (χ0) is 13.2. The molecular weight excluding hydrogens is 246 g/mol. The third-order valence-electron chi connectivity index (χ3n) is 3.53. The Balaban J connectivity index is 1.58. The Hall–Kier alpha value is -1.88. The van der Waals surface area contributed by atoms with Gasteiger partial charge in [0.25, 0.3) is 0 Å². The molecule has 1 amide bonds. The molecule has 3 aliphatic heterocycles. The first kappa shape index (κ1) is 12.2. The highest BCUT2D eigenvalue weighted by atomic mass is 16.6. The molecule has 3 heterocycles. The number of nitrogens with zero attached hydrogens (tertiary/aromatic N) is 1. The van der Waals surface area contributed by atoms with Crippen LogP contribution in [0, 0.1) is 0 Å². The Kier molecular flexibility index (Phi) is 3.21. The van der Waals surface area contributed by atoms with Gasteiger partial charge in [0, 0.05) is 6.42 Å². The summed E-state index contributed by atoms with van der Waals surface area (Å²) >= 11 is 0. The fraction of sp³-hybridized carbons (Fsp3) is 0.429. The van der Waals surface area contributed by atoms with Crippen LogP contribution in [-0.2, 0) is 20.9 Å². The molecule has 0 aliphatic carbocycles. The minimum Gasteiger partial charge on any atom is -0.445 e. The maximum Gasteiger partial charge on any atom is 0.410 e. The standard InChI is InChI=1S/C14H15NO4/c16-12-6-11-9-18-13(12)7-15(11)14(17)19-8-10-4-2-1-3-5-10/h1-5,11,13H,6-9H2. The lowest BCUT2D eigenvalue weighted by Crippen LogP contribution is -2.60. The van der Waals surface area contributed by atoms with Crippen molar-refractivity contribution >= 4 is 11.9 Å². The Morgan fingerprint density at radius 2 is 2.16 bits per heavy atom. The summed E-state index contributed by atoms with van der Waals surface area (Å²) < 4.78 is 10.6. The molecule has 2 bridgehead atoms. The van der Waals surface area contributed by atoms with Gasteiger partial charge in [0.05, 0.1) is 19.2 Å². The number of morpholine rings is 1. The number of Topliss-reactive ketones (excluding diaryl/α,β-unsaturated/α-hetero) is 1. The van der Waals surface area contributed by atoms with Crippen LogP contribution in [0.15, 0.2) is 30.3 Å². The van der Waals surface area contributed by atoms with Crippen LogP contribution in [0.3, 0.4) is 0 Å². The van der Waals surface area contributed by atoms with Gasteiger partial charge in [-0.15, -0.1) is 0 Å². The van der Waals surface area contributed by atoms with E-state index in [2.05, 4.69) is 0 Å². The summed E-state index contributed by atoms with van der Waals surface area (Å²) in [7, 11) is 0. The predicted octanol–water partition coefficient (Wildman–Crippen LogP) is 1.37. The van der Waals surface area contributed by atoms with E-state index in [1.165, 1.54) is 0 Å². The van der Waals surface area contributed by atoms with Gasteiger partial charge in [0.1, 0.15) is 12.7 Å². The van der Waals surface area contributed by atoms with Gasteiger partial charge in [-0.25, -0.2) is 4.79 Å². The molecule has 4 rings (SSSR count). The molecule has 19 heavy (non-hydrogen) atoms. The second kappa shape index (κ2) is 5.01. The molecule has 3 aliphatic rings. The topological polar surface area (TPSA) is 55.8 Å². The third kappa shape index (κ3) is 2.46. The van der Waals surface area contributed by atoms with Crippen molar-refractivity contribution in [3.63, 3.8) is 0 Å². The summed E-state index contributed by atoms with van der Waals surface area (Å²) in [4.78, 5) is 25.1. The van der Waals surface area contributed by atoms with Crippen LogP contribution >= 0.6 is 0 Å². The molecule has 5 nitrogen and oxygen atoms in total. The molecule has 3 fully saturated rings. The van der Waals surface area contributed by atoms with Crippen molar-refractivity contribution in [2.24, 2.45) is 0 Å². The van der Waals surface area contributed by atoms with Gasteiger partial charge in [-0.05, 0) is 5.56 Å². The van der Waals surface area contributed by atoms with E-state index < -0.39 is 6.10 Å². The summed E-state index contributed by atoms with van der Waals surface area (Å²) in [6.45, 7) is 0.996. The van der Waals surface area contributed by atoms with E-state index in [0.29, 0.717) is 19.6 Å². The van der Waals surface area contributed by atoms with Crippen molar-refractivity contribution in [3.8, 4) is 0 Å². The highest BCUT2D eigenvalue weighted by Gasteiger charge is 2.43. The molecule has 0 N–H and O–H groups in total. The highest BCUT2D eigenvalue weighted by Crippen LogP contribution is 2.24. The molecule has 1 aromatic carbocycles. The van der Waals surface area contributed by atoms with Gasteiger partial charge in [-0.2, -0.15) is 0 Å². The lowest BCUT2D eigenvalue weighted by Gasteiger charge is -2.43. The van der Waals surface area contributed by atoms with E-state index in [1.807, 2.05) is 30.3 Å². The lowest BCUT2D eigenvalue weighted by molar-refractivity contribution is -0.153. The molecule has 0 saturated carbocycles. The van der Waals surface area contributed by atoms with Crippen LogP contribution < -0.4 is 0 Å². The maximum absolute atomic E-state index is 12.0. The SMILES string of the molecule is O=C1CC2COC1CN2C(=O)OCc1ccccc1. The van der Waals surface area contributed by atoms with E-state index in [1.54, 1.807) is 4.90 Å². The van der Waals surface area contributed by atoms with Crippen molar-refractivity contribution in [2.45, 2.75) is 25.2 Å². The number of fused-ring (bicyclic) bond motifs is 3. The fourth-order valence-corrected chi connectivity index (χ4v) is 2.45. The molecule has 2 unspecified atom stereocenters. The number of piperidine rings is 1. The molecule has 100 valence electrons. The van der Waals surface area contributed by atoms with Crippen molar-refractivity contribution in [2.75, 3.05) is 13.2 Å². The summed E-state index contributed by atoms with van der Waals surface area (Å²) in [5, 5.41) is 0. The first-order valence-corrected chi connectivity index (χ1v) is 6.35. The number of hydrogen-bond donors (Lipinski definition) is 0. The third-order valence-corrected chi connectivity index (χ3v) is 3.53. The fourth-order valence-electron chi connectivity index (χ4n) is 2.45. The number of ether oxygens (including phenoxy) is 2. The van der Waals surface area contributed by atoms with Crippen LogP contribution in [0.25, 0.3) is 0 Å². The zero-order valence-electron chi connectivity index (χ0n) is 10.5. The summed E-state index contributed by atoms with van der Waals surface area (Å²) in [5.74, 6) is 0.0864. The van der Waals surface area contributed by atoms with Crippen molar-refractivity contribution in [1.82, 2.24) is 4.90 Å². The van der Waals surface area contributed by atoms with Crippen LogP contribution in [0.1, 0.15) is 12.0 Å². The molecule has 3 saturated heterocycles. The van der Waals surface area contributed by atoms with Gasteiger partial charge in [0.2, 0.25) is 0 Å². The molecule has 1 aromatic rings. The zero-order valence-corrected chi connectivity index (χ0v) is 10.5. The van der Waals surface area contributed by atoms with E-state index in [4.69, 9.17) is 9.47 Å². The monoisotopic (exact) mass is 261 g/mol. The minimum atomic E-state index is -0.464. The van der Waals surface area contributed by atoms with Crippen LogP contribution in [0.2, 0.25) is 0 Å².